The molecule has 0 fully saturated rings. The maximum atomic E-state index is 13.0. The first-order valence-corrected chi connectivity index (χ1v) is 11.3. The fraction of sp³-hybridized carbons (Fsp3) is 0. The van der Waals surface area contributed by atoms with Crippen molar-refractivity contribution < 1.29 is 0 Å². The highest BCUT2D eigenvalue weighted by Crippen LogP contribution is 2.38. The quantitative estimate of drug-likeness (QED) is 0.422. The molecule has 5 rings (SSSR count). The van der Waals surface area contributed by atoms with Crippen molar-refractivity contribution in [2.24, 2.45) is 0 Å². The largest absolute Gasteiger partial charge is 0.321 e. The third kappa shape index (κ3) is 3.36. The molecule has 4 aromatic carbocycles. The molecule has 0 bridgehead atoms. The first-order valence-electron chi connectivity index (χ1n) is 9.93. The monoisotopic (exact) mass is 405 g/mol. The zero-order chi connectivity index (χ0) is 20.3. The van der Waals surface area contributed by atoms with Crippen molar-refractivity contribution in [2.75, 3.05) is 0 Å². The van der Waals surface area contributed by atoms with E-state index < -0.39 is 7.92 Å². The molecular formula is C27H20NOP. The number of rotatable bonds is 4. The Morgan fingerprint density at radius 2 is 1.00 bits per heavy atom. The van der Waals surface area contributed by atoms with Gasteiger partial charge < -0.3 is 4.98 Å². The lowest BCUT2D eigenvalue weighted by Gasteiger charge is -2.24. The Morgan fingerprint density at radius 3 is 1.57 bits per heavy atom. The summed E-state index contributed by atoms with van der Waals surface area (Å²) in [6.07, 6.45) is 0. The van der Waals surface area contributed by atoms with Gasteiger partial charge in [0, 0.05) is 10.7 Å². The summed E-state index contributed by atoms with van der Waals surface area (Å²) in [7, 11) is -0.873. The second-order valence-electron chi connectivity index (χ2n) is 7.10. The summed E-state index contributed by atoms with van der Waals surface area (Å²) in [5, 5.41) is 5.44. The van der Waals surface area contributed by atoms with Crippen LogP contribution in [0.1, 0.15) is 0 Å². The van der Waals surface area contributed by atoms with Crippen molar-refractivity contribution in [1.29, 1.82) is 0 Å². The molecular weight excluding hydrogens is 385 g/mol. The number of nitrogens with one attached hydrogen (secondary N) is 1. The highest BCUT2D eigenvalue weighted by atomic mass is 31.1. The number of aromatic amines is 1. The lowest BCUT2D eigenvalue weighted by atomic mass is 10.1. The average molecular weight is 405 g/mol. The Morgan fingerprint density at radius 1 is 0.533 bits per heavy atom. The van der Waals surface area contributed by atoms with Crippen molar-refractivity contribution in [3.8, 4) is 11.3 Å². The summed E-state index contributed by atoms with van der Waals surface area (Å²) in [5.41, 5.74) is 1.87. The van der Waals surface area contributed by atoms with Crippen molar-refractivity contribution in [2.45, 2.75) is 0 Å². The fourth-order valence-electron chi connectivity index (χ4n) is 3.87. The molecule has 0 saturated heterocycles. The van der Waals surface area contributed by atoms with Crippen LogP contribution in [-0.2, 0) is 0 Å². The van der Waals surface area contributed by atoms with Gasteiger partial charge in [-0.25, -0.2) is 0 Å². The Bertz CT molecular complexity index is 1310. The molecule has 30 heavy (non-hydrogen) atoms. The zero-order valence-electron chi connectivity index (χ0n) is 16.3. The molecule has 144 valence electrons. The molecule has 0 aliphatic rings. The number of hydrogen-bond donors (Lipinski definition) is 1. The topological polar surface area (TPSA) is 32.9 Å². The maximum absolute atomic E-state index is 13.0. The van der Waals surface area contributed by atoms with E-state index in [9.17, 15) is 4.79 Å². The van der Waals surface area contributed by atoms with Gasteiger partial charge in [0.05, 0.1) is 5.69 Å². The number of benzene rings is 4. The number of H-pyrrole nitrogens is 1. The van der Waals surface area contributed by atoms with Gasteiger partial charge in [-0.2, -0.15) is 0 Å². The fourth-order valence-corrected chi connectivity index (χ4v) is 6.47. The molecule has 1 N–H and O–H groups in total. The first-order chi connectivity index (χ1) is 14.8. The molecule has 0 saturated carbocycles. The van der Waals surface area contributed by atoms with E-state index in [1.54, 1.807) is 0 Å². The standard InChI is InChI=1S/C27H20NOP/c29-27-24-19-11-10-18-23(24)26(25(28-27)20-12-4-1-5-13-20)30(21-14-6-2-7-15-21)22-16-8-3-9-17-22/h1-19H,(H,28,29). The Kier molecular flexibility index (Phi) is 5.01. The first kappa shape index (κ1) is 18.5. The SMILES string of the molecule is O=c1[nH]c(-c2ccccc2)c(P(c2ccccc2)c2ccccc2)c2ccccc12. The van der Waals surface area contributed by atoms with Crippen LogP contribution < -0.4 is 21.5 Å². The van der Waals surface area contributed by atoms with Gasteiger partial charge in [-0.05, 0) is 35.5 Å². The number of pyridine rings is 1. The molecule has 3 heteroatoms. The van der Waals surface area contributed by atoms with Crippen LogP contribution in [0, 0.1) is 0 Å². The highest BCUT2D eigenvalue weighted by molar-refractivity contribution is 7.80. The van der Waals surface area contributed by atoms with Gasteiger partial charge in [-0.1, -0.05) is 109 Å². The van der Waals surface area contributed by atoms with E-state index in [0.29, 0.717) is 0 Å². The molecule has 0 radical (unpaired) electrons. The van der Waals surface area contributed by atoms with E-state index in [1.165, 1.54) is 15.9 Å². The van der Waals surface area contributed by atoms with Gasteiger partial charge in [-0.3, -0.25) is 4.79 Å². The molecule has 5 aromatic rings. The van der Waals surface area contributed by atoms with E-state index in [2.05, 4.69) is 71.7 Å². The minimum Gasteiger partial charge on any atom is -0.321 e. The van der Waals surface area contributed by atoms with Crippen LogP contribution in [-0.4, -0.2) is 4.98 Å². The van der Waals surface area contributed by atoms with E-state index in [0.717, 1.165) is 22.0 Å². The van der Waals surface area contributed by atoms with Gasteiger partial charge in [0.15, 0.2) is 0 Å². The van der Waals surface area contributed by atoms with Crippen molar-refractivity contribution in [3.63, 3.8) is 0 Å². The molecule has 1 aromatic heterocycles. The molecule has 0 atom stereocenters. The molecule has 0 aliphatic heterocycles. The van der Waals surface area contributed by atoms with Crippen LogP contribution in [0.15, 0.2) is 120 Å². The van der Waals surface area contributed by atoms with E-state index in [-0.39, 0.29) is 5.56 Å². The lowest BCUT2D eigenvalue weighted by molar-refractivity contribution is 1.29. The van der Waals surface area contributed by atoms with Gasteiger partial charge in [0.1, 0.15) is 0 Å². The van der Waals surface area contributed by atoms with Crippen molar-refractivity contribution in [1.82, 2.24) is 4.98 Å². The number of fused-ring (bicyclic) bond motifs is 1. The smallest absolute Gasteiger partial charge is 0.256 e. The summed E-state index contributed by atoms with van der Waals surface area (Å²) < 4.78 is 0. The Hall–Kier alpha value is -3.48. The van der Waals surface area contributed by atoms with Gasteiger partial charge in [0.25, 0.3) is 5.56 Å². The lowest BCUT2D eigenvalue weighted by Crippen LogP contribution is -2.26. The van der Waals surface area contributed by atoms with Crippen molar-refractivity contribution in [3.05, 3.63) is 126 Å². The van der Waals surface area contributed by atoms with Crippen LogP contribution in [0.25, 0.3) is 22.0 Å². The van der Waals surface area contributed by atoms with Crippen LogP contribution in [0.3, 0.4) is 0 Å². The maximum Gasteiger partial charge on any atom is 0.256 e. The molecule has 0 spiro atoms. The summed E-state index contributed by atoms with van der Waals surface area (Å²) >= 11 is 0. The second-order valence-corrected chi connectivity index (χ2v) is 9.25. The highest BCUT2D eigenvalue weighted by Gasteiger charge is 2.24. The summed E-state index contributed by atoms with van der Waals surface area (Å²) in [6.45, 7) is 0. The normalized spacial score (nSPS) is 11.1. The second kappa shape index (κ2) is 8.10. The van der Waals surface area contributed by atoms with Crippen molar-refractivity contribution >= 4 is 34.6 Å². The average Bonchev–Trinajstić information content (AvgIpc) is 2.83. The minimum absolute atomic E-state index is 0.0516. The molecule has 2 nitrogen and oxygen atoms in total. The van der Waals surface area contributed by atoms with Crippen LogP contribution in [0.5, 0.6) is 0 Å². The predicted octanol–water partition coefficient (Wildman–Crippen LogP) is 4.95. The predicted molar refractivity (Wildman–Crippen MR) is 129 cm³/mol. The summed E-state index contributed by atoms with van der Waals surface area (Å²) in [4.78, 5) is 16.2. The Balaban J connectivity index is 1.92. The molecule has 0 aliphatic carbocycles. The van der Waals surface area contributed by atoms with Crippen LogP contribution >= 0.6 is 7.92 Å². The van der Waals surface area contributed by atoms with Crippen LogP contribution in [0.4, 0.5) is 0 Å². The van der Waals surface area contributed by atoms with Crippen LogP contribution in [0.2, 0.25) is 0 Å². The van der Waals surface area contributed by atoms with Gasteiger partial charge >= 0.3 is 0 Å². The zero-order valence-corrected chi connectivity index (χ0v) is 17.2. The Labute approximate surface area is 176 Å². The van der Waals surface area contributed by atoms with E-state index in [1.807, 2.05) is 48.5 Å². The minimum atomic E-state index is -0.873. The third-order valence-corrected chi connectivity index (χ3v) is 7.76. The summed E-state index contributed by atoms with van der Waals surface area (Å²) in [5.74, 6) is 0. The van der Waals surface area contributed by atoms with E-state index >= 15 is 0 Å². The third-order valence-electron chi connectivity index (χ3n) is 5.22. The molecule has 0 amide bonds. The van der Waals surface area contributed by atoms with E-state index in [4.69, 9.17) is 0 Å². The van der Waals surface area contributed by atoms with Gasteiger partial charge in [0.2, 0.25) is 0 Å². The number of aromatic nitrogens is 1. The summed E-state index contributed by atoms with van der Waals surface area (Å²) in [6, 6.07) is 39.3. The van der Waals surface area contributed by atoms with Gasteiger partial charge in [-0.15, -0.1) is 0 Å². The molecule has 0 unspecified atom stereocenters. The number of hydrogen-bond acceptors (Lipinski definition) is 1. The molecule has 1 heterocycles.